The van der Waals surface area contributed by atoms with Crippen molar-refractivity contribution in [3.8, 4) is 0 Å². The van der Waals surface area contributed by atoms with Crippen molar-refractivity contribution in [1.29, 1.82) is 0 Å². The van der Waals surface area contributed by atoms with Crippen molar-refractivity contribution in [2.45, 2.75) is 0 Å². The Bertz CT molecular complexity index is 3.25. The van der Waals surface area contributed by atoms with E-state index in [-0.39, 0.29) is 72.7 Å². The van der Waals surface area contributed by atoms with Gasteiger partial charge in [0.2, 0.25) is 0 Å². The van der Waals surface area contributed by atoms with Gasteiger partial charge in [0, 0.05) is 21.7 Å². The van der Waals surface area contributed by atoms with Crippen LogP contribution in [-0.2, 0) is 21.7 Å². The first-order chi connectivity index (χ1) is 0. The molecule has 4 heavy (non-hydrogen) atoms. The van der Waals surface area contributed by atoms with Crippen LogP contribution in [0.15, 0.2) is 0 Å². The van der Waals surface area contributed by atoms with Crippen LogP contribution in [0.2, 0.25) is 0 Å². The second-order valence-electron chi connectivity index (χ2n) is 0. The van der Waals surface area contributed by atoms with Gasteiger partial charge in [-0.05, 0) is 0 Å². The maximum absolute atomic E-state index is 0. The molecule has 0 unspecified atom stereocenters. The minimum absolute atomic E-state index is 0. The average Bonchev–Trinajstić information content (AvgIpc) is 0. The van der Waals surface area contributed by atoms with Gasteiger partial charge in [0.05, 0.1) is 0 Å². The largest absolute Gasteiger partial charge is 0.114 e. The summed E-state index contributed by atoms with van der Waals surface area (Å²) in [7, 11) is 0. The molecular weight excluding hydrogens is 288 g/mol. The molecule has 0 radical (unpaired) electrons. The van der Waals surface area contributed by atoms with Crippen LogP contribution in [-0.4, -0.2) is 0 Å². The molecular formula is H3Br3Ti. The SMILES string of the molecule is Br.Br.Br.[Ti]. The Hall–Kier alpha value is 2.15. The molecule has 0 atom stereocenters. The van der Waals surface area contributed by atoms with Crippen LogP contribution in [0.5, 0.6) is 0 Å². The number of hydrogen-bond acceptors (Lipinski definition) is 0. The first-order valence-electron chi connectivity index (χ1n) is 0. The van der Waals surface area contributed by atoms with E-state index in [1.54, 1.807) is 0 Å². The third-order valence-electron chi connectivity index (χ3n) is 0. The van der Waals surface area contributed by atoms with Gasteiger partial charge in [0.1, 0.15) is 0 Å². The van der Waals surface area contributed by atoms with Gasteiger partial charge >= 0.3 is 0 Å². The van der Waals surface area contributed by atoms with Crippen LogP contribution in [0.4, 0.5) is 0 Å². The molecule has 0 aromatic rings. The quantitative estimate of drug-likeness (QED) is 0.596. The van der Waals surface area contributed by atoms with E-state index in [0.29, 0.717) is 0 Å². The smallest absolute Gasteiger partial charge is 0 e. The molecule has 0 saturated carbocycles. The molecule has 0 saturated heterocycles. The fourth-order valence-electron chi connectivity index (χ4n) is 0. The summed E-state index contributed by atoms with van der Waals surface area (Å²) < 4.78 is 0. The van der Waals surface area contributed by atoms with E-state index in [2.05, 4.69) is 0 Å². The van der Waals surface area contributed by atoms with Crippen LogP contribution in [0.3, 0.4) is 0 Å². The van der Waals surface area contributed by atoms with Gasteiger partial charge in [-0.15, -0.1) is 50.9 Å². The standard InChI is InChI=1S/3BrH.Ti/h3*1H;. The second-order valence-corrected chi connectivity index (χ2v) is 0. The predicted octanol–water partition coefficient (Wildman–Crippen LogP) is 1.73. The molecule has 0 aliphatic rings. The van der Waals surface area contributed by atoms with Crippen molar-refractivity contribution in [3.05, 3.63) is 0 Å². The zero-order valence-electron chi connectivity index (χ0n) is 1.72. The summed E-state index contributed by atoms with van der Waals surface area (Å²) in [6, 6.07) is 0. The normalized spacial score (nSPS) is 0. The van der Waals surface area contributed by atoms with Crippen molar-refractivity contribution < 1.29 is 21.7 Å². The Kier molecular flexibility index (Phi) is 169. The van der Waals surface area contributed by atoms with Crippen LogP contribution in [0, 0.1) is 0 Å². The van der Waals surface area contributed by atoms with Gasteiger partial charge in [0.15, 0.2) is 0 Å². The van der Waals surface area contributed by atoms with E-state index in [1.165, 1.54) is 0 Å². The molecule has 0 aliphatic carbocycles. The average molecular weight is 291 g/mol. The molecule has 28 valence electrons. The molecule has 0 aromatic heterocycles. The minimum atomic E-state index is 0. The molecule has 0 heterocycles. The number of halogens is 3. The van der Waals surface area contributed by atoms with E-state index in [1.807, 2.05) is 0 Å². The fourth-order valence-corrected chi connectivity index (χ4v) is 0. The van der Waals surface area contributed by atoms with E-state index in [9.17, 15) is 0 Å². The summed E-state index contributed by atoms with van der Waals surface area (Å²) in [5.74, 6) is 0. The fraction of sp³-hybridized carbons (Fsp3) is 0. The Morgan fingerprint density at radius 3 is 0.500 bits per heavy atom. The van der Waals surface area contributed by atoms with Crippen molar-refractivity contribution in [2.75, 3.05) is 0 Å². The summed E-state index contributed by atoms with van der Waals surface area (Å²) in [6.07, 6.45) is 0. The third-order valence-corrected chi connectivity index (χ3v) is 0. The Labute approximate surface area is 71.9 Å². The van der Waals surface area contributed by atoms with Gasteiger partial charge in [0.25, 0.3) is 0 Å². The number of hydrogen-bond donors (Lipinski definition) is 0. The maximum Gasteiger partial charge on any atom is 0 e. The van der Waals surface area contributed by atoms with Crippen LogP contribution in [0.1, 0.15) is 0 Å². The van der Waals surface area contributed by atoms with E-state index >= 15 is 0 Å². The van der Waals surface area contributed by atoms with Crippen LogP contribution in [0.25, 0.3) is 0 Å². The van der Waals surface area contributed by atoms with E-state index < -0.39 is 0 Å². The van der Waals surface area contributed by atoms with Gasteiger partial charge in [-0.1, -0.05) is 0 Å². The van der Waals surface area contributed by atoms with Crippen molar-refractivity contribution in [2.24, 2.45) is 0 Å². The van der Waals surface area contributed by atoms with Crippen molar-refractivity contribution in [3.63, 3.8) is 0 Å². The summed E-state index contributed by atoms with van der Waals surface area (Å²) in [5.41, 5.74) is 0. The molecule has 0 amide bonds. The maximum atomic E-state index is 0. The first kappa shape index (κ1) is 35.2. The monoisotopic (exact) mass is 288 g/mol. The topological polar surface area (TPSA) is 0 Å². The van der Waals surface area contributed by atoms with E-state index in [4.69, 9.17) is 0 Å². The van der Waals surface area contributed by atoms with Gasteiger partial charge < -0.3 is 0 Å². The second kappa shape index (κ2) is 19.2. The summed E-state index contributed by atoms with van der Waals surface area (Å²) in [4.78, 5) is 0. The molecule has 4 heteroatoms. The predicted molar refractivity (Wildman–Crippen MR) is 31.0 cm³/mol. The van der Waals surface area contributed by atoms with E-state index in [0.717, 1.165) is 0 Å². The Balaban J connectivity index is 0. The molecule has 0 aliphatic heterocycles. The van der Waals surface area contributed by atoms with Crippen molar-refractivity contribution in [1.82, 2.24) is 0 Å². The Morgan fingerprint density at radius 2 is 0.500 bits per heavy atom. The zero-order valence-corrected chi connectivity index (χ0v) is 8.43. The van der Waals surface area contributed by atoms with Gasteiger partial charge in [-0.3, -0.25) is 0 Å². The molecule has 0 nitrogen and oxygen atoms in total. The van der Waals surface area contributed by atoms with Crippen LogP contribution < -0.4 is 0 Å². The van der Waals surface area contributed by atoms with Crippen LogP contribution >= 0.6 is 50.9 Å². The number of rotatable bonds is 0. The van der Waals surface area contributed by atoms with Gasteiger partial charge in [-0.2, -0.15) is 0 Å². The van der Waals surface area contributed by atoms with Crippen molar-refractivity contribution >= 4 is 50.9 Å². The third kappa shape index (κ3) is 8.91. The minimum Gasteiger partial charge on any atom is -0.114 e. The summed E-state index contributed by atoms with van der Waals surface area (Å²) in [6.45, 7) is 0. The molecule has 0 rings (SSSR count). The zero-order chi connectivity index (χ0) is 0. The first-order valence-corrected chi connectivity index (χ1v) is 0. The molecule has 0 bridgehead atoms. The molecule has 0 aromatic carbocycles. The van der Waals surface area contributed by atoms with Gasteiger partial charge in [-0.25, -0.2) is 0 Å². The molecule has 0 N–H and O–H groups in total. The summed E-state index contributed by atoms with van der Waals surface area (Å²) >= 11 is 0. The molecule has 0 fully saturated rings. The molecule has 0 spiro atoms. The Morgan fingerprint density at radius 1 is 0.500 bits per heavy atom. The summed E-state index contributed by atoms with van der Waals surface area (Å²) in [5, 5.41) is 0.